The van der Waals surface area contributed by atoms with Crippen LogP contribution < -0.4 is 0 Å². The van der Waals surface area contributed by atoms with E-state index in [0.717, 1.165) is 5.92 Å². The summed E-state index contributed by atoms with van der Waals surface area (Å²) in [5.74, 6) is 2.65. The summed E-state index contributed by atoms with van der Waals surface area (Å²) in [6, 6.07) is 0. The van der Waals surface area contributed by atoms with Crippen molar-refractivity contribution in [2.45, 2.75) is 74.7 Å². The van der Waals surface area contributed by atoms with Crippen molar-refractivity contribution in [3.8, 4) is 0 Å². The molecule has 4 aliphatic carbocycles. The number of aliphatic hydroxyl groups excluding tert-OH is 1. The van der Waals surface area contributed by atoms with Crippen LogP contribution in [0.1, 0.15) is 74.7 Å². The smallest absolute Gasteiger partial charge is 0.665 e. The Morgan fingerprint density at radius 3 is 1.91 bits per heavy atom. The molecule has 0 heterocycles. The molecule has 22 heavy (non-hydrogen) atoms. The van der Waals surface area contributed by atoms with Crippen molar-refractivity contribution in [1.29, 1.82) is 0 Å². The van der Waals surface area contributed by atoms with Crippen LogP contribution in [0.3, 0.4) is 0 Å². The van der Waals surface area contributed by atoms with Gasteiger partial charge in [-0.1, -0.05) is 78.6 Å². The summed E-state index contributed by atoms with van der Waals surface area (Å²) in [6.07, 6.45) is 4.25. The van der Waals surface area contributed by atoms with Gasteiger partial charge in [-0.3, -0.25) is 0 Å². The van der Waals surface area contributed by atoms with Crippen LogP contribution in [-0.2, 0) is 25.9 Å². The van der Waals surface area contributed by atoms with E-state index in [1.165, 1.54) is 19.3 Å². The summed E-state index contributed by atoms with van der Waals surface area (Å²) >= 11 is 0. The van der Waals surface area contributed by atoms with Crippen LogP contribution in [0.25, 0.3) is 0 Å². The fourth-order valence-corrected chi connectivity index (χ4v) is 6.43. The molecule has 4 atom stereocenters. The van der Waals surface area contributed by atoms with Gasteiger partial charge in [0.1, 0.15) is 0 Å². The van der Waals surface area contributed by atoms with Gasteiger partial charge in [-0.15, -0.1) is 5.41 Å². The van der Waals surface area contributed by atoms with E-state index in [4.69, 9.17) is 9.90 Å². The van der Waals surface area contributed by atoms with Gasteiger partial charge >= 0.3 is 21.1 Å². The van der Waals surface area contributed by atoms with Crippen LogP contribution in [0, 0.1) is 38.9 Å². The molecule has 0 radical (unpaired) electrons. The third-order valence-corrected chi connectivity index (χ3v) is 8.89. The van der Waals surface area contributed by atoms with Crippen LogP contribution in [-0.4, -0.2) is 11.6 Å². The average Bonchev–Trinajstić information content (AvgIpc) is 2.30. The first-order valence-electron chi connectivity index (χ1n) is 8.18. The molecular weight excluding hydrogens is 444 g/mol. The van der Waals surface area contributed by atoms with E-state index in [9.17, 15) is 0 Å². The van der Waals surface area contributed by atoms with Crippen LogP contribution >= 0.6 is 0 Å². The number of hydrogen-bond donors (Lipinski definition) is 1. The molecule has 4 saturated carbocycles. The molecule has 0 amide bonds. The van der Waals surface area contributed by atoms with Gasteiger partial charge in [-0.2, -0.15) is 12.8 Å². The zero-order chi connectivity index (χ0) is 16.5. The van der Waals surface area contributed by atoms with Gasteiger partial charge in [0.25, 0.3) is 0 Å². The van der Waals surface area contributed by atoms with Gasteiger partial charge < -0.3 is 15.8 Å². The maximum absolute atomic E-state index is 8.24. The topological polar surface area (TPSA) is 37.3 Å². The third-order valence-electron chi connectivity index (χ3n) is 8.89. The molecule has 2 nitrogen and oxygen atoms in total. The first-order chi connectivity index (χ1) is 9.33. The Bertz CT molecular complexity index is 456. The second kappa shape index (κ2) is 5.33. The molecule has 4 aliphatic rings. The average molecular weight is 476 g/mol. The van der Waals surface area contributed by atoms with Gasteiger partial charge in [0.2, 0.25) is 0 Å². The minimum Gasteiger partial charge on any atom is -0.665 e. The summed E-state index contributed by atoms with van der Waals surface area (Å²) in [7, 11) is 0. The van der Waals surface area contributed by atoms with Gasteiger partial charge in [0.15, 0.2) is 0 Å². The Kier molecular flexibility index (Phi) is 4.90. The standard InChI is InChI=1S/C18H31.CHO2.W/c1-12-13-9-16(6)10-17(7,14(13,2)3)11-18(12,8)15(16,4)5;2-1-3;/h13H,9-11H2,1-8H3;(H,2,3);/q2*-1;+2. The van der Waals surface area contributed by atoms with Crippen molar-refractivity contribution in [3.63, 3.8) is 0 Å². The second-order valence-corrected chi connectivity index (χ2v) is 9.68. The fourth-order valence-electron chi connectivity index (χ4n) is 6.43. The Labute approximate surface area is 151 Å². The van der Waals surface area contributed by atoms with Crippen molar-refractivity contribution in [3.05, 3.63) is 5.92 Å². The first kappa shape index (κ1) is 20.2. The van der Waals surface area contributed by atoms with Crippen molar-refractivity contribution in [2.75, 3.05) is 0 Å². The largest absolute Gasteiger partial charge is 2.00 e. The molecule has 0 spiro atoms. The van der Waals surface area contributed by atoms with E-state index in [0.29, 0.717) is 33.5 Å². The summed E-state index contributed by atoms with van der Waals surface area (Å²) in [6.45, 7) is 20.9. The maximum atomic E-state index is 8.24. The summed E-state index contributed by atoms with van der Waals surface area (Å²) < 4.78 is 0. The van der Waals surface area contributed by atoms with Crippen LogP contribution in [0.4, 0.5) is 0 Å². The number of hydrogen-bond acceptors (Lipinski definition) is 1. The minimum absolute atomic E-state index is 0. The molecular formula is C19H32O2W. The predicted octanol–water partition coefficient (Wildman–Crippen LogP) is 5.09. The van der Waals surface area contributed by atoms with Gasteiger partial charge in [0.05, 0.1) is 0 Å². The Hall–Kier alpha value is 0.158. The minimum atomic E-state index is 0. The van der Waals surface area contributed by atoms with Crippen LogP contribution in [0.2, 0.25) is 0 Å². The van der Waals surface area contributed by atoms with E-state index < -0.39 is 0 Å². The molecule has 0 aromatic rings. The van der Waals surface area contributed by atoms with Crippen molar-refractivity contribution in [1.82, 2.24) is 0 Å². The Balaban J connectivity index is 0.000000562. The molecule has 4 rings (SSSR count). The SMILES string of the molecule is C[C-]1C2CC3(C)CC(C)(CC1(C)C3(C)C)C2(C)C.O=[C-]O.[W+2]. The van der Waals surface area contributed by atoms with E-state index >= 15 is 0 Å². The molecule has 1 N–H and O–H groups in total. The zero-order valence-corrected chi connectivity index (χ0v) is 18.4. The summed E-state index contributed by atoms with van der Waals surface area (Å²) in [5, 5.41) is 6.76. The molecule has 0 aromatic carbocycles. The molecule has 3 heteroatoms. The zero-order valence-electron chi connectivity index (χ0n) is 15.5. The fraction of sp³-hybridized carbons (Fsp3) is 0.895. The Morgan fingerprint density at radius 1 is 1.00 bits per heavy atom. The molecule has 0 aliphatic heterocycles. The maximum Gasteiger partial charge on any atom is 2.00 e. The van der Waals surface area contributed by atoms with E-state index in [1.807, 2.05) is 5.92 Å². The molecule has 126 valence electrons. The van der Waals surface area contributed by atoms with Crippen LogP contribution in [0.15, 0.2) is 0 Å². The van der Waals surface area contributed by atoms with Gasteiger partial charge in [-0.25, -0.2) is 0 Å². The third kappa shape index (κ3) is 2.04. The molecule has 4 unspecified atom stereocenters. The first-order valence-corrected chi connectivity index (χ1v) is 8.18. The summed E-state index contributed by atoms with van der Waals surface area (Å²) in [5.41, 5.74) is 2.47. The van der Waals surface area contributed by atoms with Gasteiger partial charge in [0, 0.05) is 0 Å². The normalized spacial score (nSPS) is 47.2. The van der Waals surface area contributed by atoms with Crippen molar-refractivity contribution >= 4 is 6.47 Å². The predicted molar refractivity (Wildman–Crippen MR) is 86.5 cm³/mol. The molecule has 0 aromatic heterocycles. The van der Waals surface area contributed by atoms with Gasteiger partial charge in [-0.05, 0) is 17.3 Å². The van der Waals surface area contributed by atoms with E-state index in [1.54, 1.807) is 0 Å². The summed E-state index contributed by atoms with van der Waals surface area (Å²) in [4.78, 5) is 8.24. The van der Waals surface area contributed by atoms with E-state index in [2.05, 4.69) is 55.4 Å². The molecule has 0 saturated heterocycles. The molecule has 4 bridgehead atoms. The van der Waals surface area contributed by atoms with Crippen molar-refractivity contribution in [2.24, 2.45) is 33.0 Å². The second-order valence-electron chi connectivity index (χ2n) is 9.68. The number of rotatable bonds is 0. The quantitative estimate of drug-likeness (QED) is 0.495. The van der Waals surface area contributed by atoms with Crippen molar-refractivity contribution < 1.29 is 31.0 Å². The molecule has 4 fully saturated rings. The monoisotopic (exact) mass is 476 g/mol. The Morgan fingerprint density at radius 2 is 1.45 bits per heavy atom. The van der Waals surface area contributed by atoms with E-state index in [-0.39, 0.29) is 21.1 Å². The van der Waals surface area contributed by atoms with Crippen LogP contribution in [0.5, 0.6) is 0 Å².